The molecule has 180 valence electrons. The van der Waals surface area contributed by atoms with Crippen molar-refractivity contribution in [1.29, 1.82) is 0 Å². The summed E-state index contributed by atoms with van der Waals surface area (Å²) in [7, 11) is -4.02. The number of azide groups is 1. The van der Waals surface area contributed by atoms with E-state index in [2.05, 4.69) is 36.0 Å². The van der Waals surface area contributed by atoms with Crippen LogP contribution in [0.4, 0.5) is 0 Å². The van der Waals surface area contributed by atoms with Gasteiger partial charge in [0, 0.05) is 11.0 Å². The minimum absolute atomic E-state index is 0.0666. The maximum atomic E-state index is 10.5. The van der Waals surface area contributed by atoms with Crippen molar-refractivity contribution in [3.63, 3.8) is 0 Å². The van der Waals surface area contributed by atoms with Crippen LogP contribution in [-0.4, -0.2) is 19.0 Å². The Balaban J connectivity index is 0.000000200. The van der Waals surface area contributed by atoms with Gasteiger partial charge in [-0.3, -0.25) is 4.55 Å². The summed E-state index contributed by atoms with van der Waals surface area (Å²) in [5.41, 5.74) is 10.7. The Morgan fingerprint density at radius 1 is 1.06 bits per heavy atom. The number of rotatable bonds is 2. The standard InChI is InChI=1S/C19H29N3.C7H8O3S/c1-18-9-3-4-16(18)15-6-5-13-12-14(21-22-20)7-11-19(13,2)17(15)8-10-18;1-6-2-4-7(5-3-6)11(8,9)10/h3,9,13-17H,4-8,10-12H2,1-2H3;2-5H,1H3,(H,8,9,10)/t13-,14+,15?,16?,17?,18?,19?;/m0./s1. The van der Waals surface area contributed by atoms with Gasteiger partial charge < -0.3 is 0 Å². The first-order chi connectivity index (χ1) is 15.6. The Morgan fingerprint density at radius 2 is 1.79 bits per heavy atom. The molecule has 4 aliphatic carbocycles. The number of nitrogens with zero attached hydrogens (tertiary/aromatic N) is 3. The quantitative estimate of drug-likeness (QED) is 0.163. The topological polar surface area (TPSA) is 103 Å². The largest absolute Gasteiger partial charge is 0.294 e. The molecule has 0 aliphatic heterocycles. The number of hydrogen-bond acceptors (Lipinski definition) is 3. The summed E-state index contributed by atoms with van der Waals surface area (Å²) in [6.07, 6.45) is 15.4. The zero-order valence-corrected chi connectivity index (χ0v) is 20.8. The average Bonchev–Trinajstić information content (AvgIpc) is 3.16. The van der Waals surface area contributed by atoms with Crippen LogP contribution in [0.25, 0.3) is 10.4 Å². The van der Waals surface area contributed by atoms with Crippen LogP contribution in [0.3, 0.4) is 0 Å². The molecule has 5 rings (SSSR count). The summed E-state index contributed by atoms with van der Waals surface area (Å²) in [6.45, 7) is 6.92. The SMILES string of the molecule is CC12C=CCC1C1CC[C@H]3C[C@H](N=[N+]=[N-])CCC3(C)C1CC2.Cc1ccc(S(=O)(=O)O)cc1. The van der Waals surface area contributed by atoms with Crippen LogP contribution in [0.5, 0.6) is 0 Å². The first-order valence-corrected chi connectivity index (χ1v) is 13.8. The summed E-state index contributed by atoms with van der Waals surface area (Å²) in [4.78, 5) is 3.00. The van der Waals surface area contributed by atoms with E-state index in [1.807, 2.05) is 6.92 Å². The van der Waals surface area contributed by atoms with Crippen LogP contribution in [0, 0.1) is 41.4 Å². The van der Waals surface area contributed by atoms with Gasteiger partial charge in [-0.15, -0.1) is 0 Å². The predicted octanol–water partition coefficient (Wildman–Crippen LogP) is 7.12. The maximum Gasteiger partial charge on any atom is 0.294 e. The molecule has 0 bridgehead atoms. The molecule has 0 saturated heterocycles. The van der Waals surface area contributed by atoms with Crippen molar-refractivity contribution in [1.82, 2.24) is 0 Å². The molecule has 33 heavy (non-hydrogen) atoms. The summed E-state index contributed by atoms with van der Waals surface area (Å²) in [5.74, 6) is 3.54. The third-order valence-electron chi connectivity index (χ3n) is 9.50. The summed E-state index contributed by atoms with van der Waals surface area (Å²) in [5, 5.41) is 4.04. The van der Waals surface area contributed by atoms with E-state index in [1.165, 1.54) is 50.7 Å². The highest BCUT2D eigenvalue weighted by Gasteiger charge is 2.56. The van der Waals surface area contributed by atoms with Gasteiger partial charge in [0.25, 0.3) is 10.1 Å². The van der Waals surface area contributed by atoms with Gasteiger partial charge in [0.2, 0.25) is 0 Å². The Bertz CT molecular complexity index is 1050. The van der Waals surface area contributed by atoms with E-state index in [0.29, 0.717) is 10.8 Å². The van der Waals surface area contributed by atoms with Crippen molar-refractivity contribution in [3.05, 3.63) is 52.4 Å². The molecule has 0 spiro atoms. The summed E-state index contributed by atoms with van der Waals surface area (Å²) < 4.78 is 29.6. The molecule has 0 amide bonds. The molecular weight excluding hydrogens is 434 g/mol. The Labute approximate surface area is 198 Å². The highest BCUT2D eigenvalue weighted by Crippen LogP contribution is 2.65. The molecule has 6 nitrogen and oxygen atoms in total. The lowest BCUT2D eigenvalue weighted by Crippen LogP contribution is -2.53. The minimum atomic E-state index is -4.02. The molecule has 0 aromatic heterocycles. The minimum Gasteiger partial charge on any atom is -0.282 e. The van der Waals surface area contributed by atoms with Gasteiger partial charge in [0.15, 0.2) is 0 Å². The van der Waals surface area contributed by atoms with E-state index >= 15 is 0 Å². The first kappa shape index (κ1) is 24.3. The highest BCUT2D eigenvalue weighted by molar-refractivity contribution is 7.85. The number of allylic oxidation sites excluding steroid dienone is 2. The third-order valence-corrected chi connectivity index (χ3v) is 10.4. The van der Waals surface area contributed by atoms with Crippen LogP contribution in [0.1, 0.15) is 70.8 Å². The molecule has 3 saturated carbocycles. The molecule has 7 heteroatoms. The second-order valence-electron chi connectivity index (χ2n) is 11.3. The predicted molar refractivity (Wildman–Crippen MR) is 130 cm³/mol. The van der Waals surface area contributed by atoms with E-state index in [-0.39, 0.29) is 10.9 Å². The molecule has 1 aromatic carbocycles. The molecule has 7 atom stereocenters. The molecule has 4 aliphatic rings. The molecule has 1 N–H and O–H groups in total. The van der Waals surface area contributed by atoms with E-state index in [0.717, 1.165) is 42.1 Å². The van der Waals surface area contributed by atoms with Crippen molar-refractivity contribution in [2.75, 3.05) is 0 Å². The van der Waals surface area contributed by atoms with Gasteiger partial charge in [0.05, 0.1) is 4.90 Å². The summed E-state index contributed by atoms with van der Waals surface area (Å²) in [6, 6.07) is 6.25. The first-order valence-electron chi connectivity index (χ1n) is 12.3. The van der Waals surface area contributed by atoms with Gasteiger partial charge >= 0.3 is 0 Å². The number of fused-ring (bicyclic) bond motifs is 5. The van der Waals surface area contributed by atoms with Crippen molar-refractivity contribution < 1.29 is 13.0 Å². The van der Waals surface area contributed by atoms with Gasteiger partial charge in [-0.05, 0) is 110 Å². The van der Waals surface area contributed by atoms with Crippen molar-refractivity contribution in [2.24, 2.45) is 39.6 Å². The van der Waals surface area contributed by atoms with E-state index in [9.17, 15) is 8.42 Å². The van der Waals surface area contributed by atoms with Crippen LogP contribution >= 0.6 is 0 Å². The van der Waals surface area contributed by atoms with Crippen LogP contribution in [0.2, 0.25) is 0 Å². The van der Waals surface area contributed by atoms with Crippen LogP contribution < -0.4 is 0 Å². The maximum absolute atomic E-state index is 10.5. The second kappa shape index (κ2) is 9.09. The number of aryl methyl sites for hydroxylation is 1. The zero-order valence-electron chi connectivity index (χ0n) is 20.0. The third kappa shape index (κ3) is 4.73. The van der Waals surface area contributed by atoms with Crippen LogP contribution in [-0.2, 0) is 10.1 Å². The molecule has 0 radical (unpaired) electrons. The fourth-order valence-corrected chi connectivity index (χ4v) is 8.09. The van der Waals surface area contributed by atoms with Crippen molar-refractivity contribution in [3.8, 4) is 0 Å². The number of hydrogen-bond donors (Lipinski definition) is 1. The lowest BCUT2D eigenvalue weighted by atomic mass is 9.45. The fourth-order valence-electron chi connectivity index (χ4n) is 7.61. The lowest BCUT2D eigenvalue weighted by Gasteiger charge is -2.60. The Hall–Kier alpha value is -1.82. The Morgan fingerprint density at radius 3 is 2.45 bits per heavy atom. The molecule has 5 unspecified atom stereocenters. The van der Waals surface area contributed by atoms with E-state index in [4.69, 9.17) is 10.1 Å². The van der Waals surface area contributed by atoms with Gasteiger partial charge in [-0.1, -0.05) is 48.8 Å². The summed E-state index contributed by atoms with van der Waals surface area (Å²) >= 11 is 0. The highest BCUT2D eigenvalue weighted by atomic mass is 32.2. The number of benzene rings is 1. The molecular formula is C26H37N3O3S. The molecule has 3 fully saturated rings. The normalized spacial score (nSPS) is 39.2. The molecule has 1 aromatic rings. The monoisotopic (exact) mass is 471 g/mol. The zero-order chi connectivity index (χ0) is 23.9. The van der Waals surface area contributed by atoms with Gasteiger partial charge in [-0.25, -0.2) is 0 Å². The average molecular weight is 472 g/mol. The van der Waals surface area contributed by atoms with Crippen LogP contribution in [0.15, 0.2) is 46.4 Å². The van der Waals surface area contributed by atoms with E-state index < -0.39 is 10.1 Å². The van der Waals surface area contributed by atoms with Gasteiger partial charge in [-0.2, -0.15) is 8.42 Å². The Kier molecular flexibility index (Phi) is 6.69. The second-order valence-corrected chi connectivity index (χ2v) is 12.7. The fraction of sp³-hybridized carbons (Fsp3) is 0.692. The van der Waals surface area contributed by atoms with E-state index in [1.54, 1.807) is 12.1 Å². The lowest BCUT2D eigenvalue weighted by molar-refractivity contribution is -0.0995. The van der Waals surface area contributed by atoms with Crippen molar-refractivity contribution in [2.45, 2.75) is 83.1 Å². The smallest absolute Gasteiger partial charge is 0.282 e. The van der Waals surface area contributed by atoms with Gasteiger partial charge in [0.1, 0.15) is 0 Å². The van der Waals surface area contributed by atoms with Crippen molar-refractivity contribution >= 4 is 10.1 Å². The molecule has 0 heterocycles.